The lowest BCUT2D eigenvalue weighted by atomic mass is 10.1. The van der Waals surface area contributed by atoms with Crippen LogP contribution >= 0.6 is 0 Å². The second-order valence-electron chi connectivity index (χ2n) is 4.44. The Bertz CT molecular complexity index is 511. The third kappa shape index (κ3) is 2.72. The third-order valence-electron chi connectivity index (χ3n) is 2.96. The number of rotatable bonds is 4. The number of likely N-dealkylation sites (N-methyl/N-ethyl adjacent to an activating group) is 1. The van der Waals surface area contributed by atoms with E-state index in [-0.39, 0.29) is 5.75 Å². The van der Waals surface area contributed by atoms with Crippen LogP contribution in [0.15, 0.2) is 18.2 Å². The zero-order valence-corrected chi connectivity index (χ0v) is 11.0. The van der Waals surface area contributed by atoms with Gasteiger partial charge in [-0.25, -0.2) is 8.42 Å². The number of sulfonamides is 1. The number of hydrogen-bond donors (Lipinski definition) is 1. The lowest BCUT2D eigenvalue weighted by Gasteiger charge is -2.14. The highest BCUT2D eigenvalue weighted by Gasteiger charge is 2.17. The molecule has 0 spiro atoms. The molecule has 1 N–H and O–H groups in total. The summed E-state index contributed by atoms with van der Waals surface area (Å²) in [6, 6.07) is 5.75. The summed E-state index contributed by atoms with van der Waals surface area (Å²) in [6.07, 6.45) is 1.66. The molecule has 94 valence electrons. The maximum atomic E-state index is 11.7. The summed E-state index contributed by atoms with van der Waals surface area (Å²) >= 11 is 0. The summed E-state index contributed by atoms with van der Waals surface area (Å²) in [7, 11) is -1.16. The maximum Gasteiger partial charge on any atom is 0.232 e. The van der Waals surface area contributed by atoms with Gasteiger partial charge in [-0.1, -0.05) is 13.0 Å². The van der Waals surface area contributed by atoms with E-state index in [9.17, 15) is 8.42 Å². The Labute approximate surface area is 103 Å². The minimum absolute atomic E-state index is 0.167. The average molecular weight is 254 g/mol. The van der Waals surface area contributed by atoms with Crippen molar-refractivity contribution in [1.82, 2.24) is 0 Å². The van der Waals surface area contributed by atoms with Crippen LogP contribution in [0.25, 0.3) is 0 Å². The maximum absolute atomic E-state index is 11.7. The molecule has 0 aliphatic carbocycles. The van der Waals surface area contributed by atoms with E-state index in [1.54, 1.807) is 0 Å². The molecular formula is C12H18N2O2S. The minimum Gasteiger partial charge on any atom is -0.374 e. The first-order valence-corrected chi connectivity index (χ1v) is 7.51. The Balaban J connectivity index is 2.21. The van der Waals surface area contributed by atoms with Crippen molar-refractivity contribution in [3.63, 3.8) is 0 Å². The number of hydrogen-bond acceptors (Lipinski definition) is 3. The highest BCUT2D eigenvalue weighted by molar-refractivity contribution is 7.92. The van der Waals surface area contributed by atoms with Gasteiger partial charge < -0.3 is 4.90 Å². The molecule has 1 aromatic carbocycles. The summed E-state index contributed by atoms with van der Waals surface area (Å²) in [5, 5.41) is 0. The summed E-state index contributed by atoms with van der Waals surface area (Å²) in [4.78, 5) is 2.15. The fraction of sp³-hybridized carbons (Fsp3) is 0.500. The van der Waals surface area contributed by atoms with Crippen molar-refractivity contribution in [1.29, 1.82) is 0 Å². The molecule has 0 saturated carbocycles. The first kappa shape index (κ1) is 12.2. The van der Waals surface area contributed by atoms with Crippen molar-refractivity contribution < 1.29 is 8.42 Å². The van der Waals surface area contributed by atoms with Crippen LogP contribution in [0.4, 0.5) is 11.4 Å². The van der Waals surface area contributed by atoms with E-state index in [1.165, 1.54) is 5.56 Å². The predicted molar refractivity (Wildman–Crippen MR) is 71.1 cm³/mol. The molecule has 1 aliphatic rings. The molecule has 0 saturated heterocycles. The smallest absolute Gasteiger partial charge is 0.232 e. The summed E-state index contributed by atoms with van der Waals surface area (Å²) in [6.45, 7) is 2.86. The van der Waals surface area contributed by atoms with E-state index in [1.807, 2.05) is 32.2 Å². The first-order valence-electron chi connectivity index (χ1n) is 5.86. The largest absolute Gasteiger partial charge is 0.374 e. The quantitative estimate of drug-likeness (QED) is 0.892. The minimum atomic E-state index is -3.19. The van der Waals surface area contributed by atoms with Gasteiger partial charge in [-0.05, 0) is 30.5 Å². The number of nitrogens with zero attached hydrogens (tertiary/aromatic N) is 1. The lowest BCUT2D eigenvalue weighted by Crippen LogP contribution is -2.16. The van der Waals surface area contributed by atoms with E-state index in [4.69, 9.17) is 0 Å². The molecule has 0 bridgehead atoms. The molecular weight excluding hydrogens is 236 g/mol. The highest BCUT2D eigenvalue weighted by Crippen LogP contribution is 2.29. The molecule has 4 nitrogen and oxygen atoms in total. The van der Waals surface area contributed by atoms with Crippen molar-refractivity contribution in [2.45, 2.75) is 19.8 Å². The fourth-order valence-electron chi connectivity index (χ4n) is 2.10. The SMILES string of the molecule is CCCS(=O)(=O)Nc1ccc2c(c1)N(C)CC2. The van der Waals surface area contributed by atoms with Gasteiger partial charge in [0, 0.05) is 19.3 Å². The Morgan fingerprint density at radius 1 is 1.41 bits per heavy atom. The van der Waals surface area contributed by atoms with Crippen LogP contribution in [0.5, 0.6) is 0 Å². The normalized spacial score (nSPS) is 14.8. The van der Waals surface area contributed by atoms with Crippen LogP contribution in [-0.4, -0.2) is 27.8 Å². The van der Waals surface area contributed by atoms with Crippen molar-refractivity contribution in [3.05, 3.63) is 23.8 Å². The van der Waals surface area contributed by atoms with Crippen LogP contribution in [0.2, 0.25) is 0 Å². The number of fused-ring (bicyclic) bond motifs is 1. The third-order valence-corrected chi connectivity index (χ3v) is 4.45. The Hall–Kier alpha value is -1.23. The molecule has 5 heteroatoms. The number of nitrogens with one attached hydrogen (secondary N) is 1. The van der Waals surface area contributed by atoms with E-state index in [0.717, 1.165) is 18.7 Å². The van der Waals surface area contributed by atoms with Crippen LogP contribution in [0, 0.1) is 0 Å². The molecule has 0 amide bonds. The average Bonchev–Trinajstić information content (AvgIpc) is 2.60. The van der Waals surface area contributed by atoms with Gasteiger partial charge in [0.1, 0.15) is 0 Å². The first-order chi connectivity index (χ1) is 8.02. The van der Waals surface area contributed by atoms with Crippen LogP contribution < -0.4 is 9.62 Å². The van der Waals surface area contributed by atoms with Crippen LogP contribution in [0.3, 0.4) is 0 Å². The van der Waals surface area contributed by atoms with Crippen molar-refractivity contribution >= 4 is 21.4 Å². The van der Waals surface area contributed by atoms with Gasteiger partial charge in [-0.15, -0.1) is 0 Å². The van der Waals surface area contributed by atoms with Crippen molar-refractivity contribution in [2.24, 2.45) is 0 Å². The van der Waals surface area contributed by atoms with Gasteiger partial charge in [-0.2, -0.15) is 0 Å². The summed E-state index contributed by atoms with van der Waals surface area (Å²) in [5.41, 5.74) is 3.07. The monoisotopic (exact) mass is 254 g/mol. The second-order valence-corrected chi connectivity index (χ2v) is 6.28. The van der Waals surface area contributed by atoms with Crippen molar-refractivity contribution in [3.8, 4) is 0 Å². The van der Waals surface area contributed by atoms with E-state index in [2.05, 4.69) is 9.62 Å². The molecule has 17 heavy (non-hydrogen) atoms. The molecule has 2 rings (SSSR count). The van der Waals surface area contributed by atoms with Gasteiger partial charge >= 0.3 is 0 Å². The van der Waals surface area contributed by atoms with Gasteiger partial charge in [-0.3, -0.25) is 4.72 Å². The summed E-state index contributed by atoms with van der Waals surface area (Å²) < 4.78 is 25.9. The topological polar surface area (TPSA) is 49.4 Å². The fourth-order valence-corrected chi connectivity index (χ4v) is 3.23. The molecule has 1 heterocycles. The van der Waals surface area contributed by atoms with Crippen LogP contribution in [0.1, 0.15) is 18.9 Å². The standard InChI is InChI=1S/C12H18N2O2S/c1-3-8-17(15,16)13-11-5-4-10-6-7-14(2)12(10)9-11/h4-5,9,13H,3,6-8H2,1-2H3. The molecule has 0 fully saturated rings. The Morgan fingerprint density at radius 2 is 2.18 bits per heavy atom. The molecule has 0 unspecified atom stereocenters. The van der Waals surface area contributed by atoms with Crippen molar-refractivity contribution in [2.75, 3.05) is 29.0 Å². The van der Waals surface area contributed by atoms with E-state index < -0.39 is 10.0 Å². The number of anilines is 2. The zero-order valence-electron chi connectivity index (χ0n) is 10.2. The molecule has 1 aromatic rings. The zero-order chi connectivity index (χ0) is 12.5. The van der Waals surface area contributed by atoms with E-state index in [0.29, 0.717) is 12.1 Å². The molecule has 1 aliphatic heterocycles. The van der Waals surface area contributed by atoms with Gasteiger partial charge in [0.05, 0.1) is 11.4 Å². The Morgan fingerprint density at radius 3 is 2.88 bits per heavy atom. The van der Waals surface area contributed by atoms with Crippen LogP contribution in [-0.2, 0) is 16.4 Å². The number of benzene rings is 1. The molecule has 0 aromatic heterocycles. The highest BCUT2D eigenvalue weighted by atomic mass is 32.2. The van der Waals surface area contributed by atoms with Gasteiger partial charge in [0.15, 0.2) is 0 Å². The summed E-state index contributed by atoms with van der Waals surface area (Å²) in [5.74, 6) is 0.167. The van der Waals surface area contributed by atoms with Gasteiger partial charge in [0.25, 0.3) is 0 Å². The molecule has 0 radical (unpaired) electrons. The second kappa shape index (κ2) is 4.56. The van der Waals surface area contributed by atoms with E-state index >= 15 is 0 Å². The Kier molecular flexibility index (Phi) is 3.28. The molecule has 0 atom stereocenters. The lowest BCUT2D eigenvalue weighted by molar-refractivity contribution is 0.600. The van der Waals surface area contributed by atoms with Gasteiger partial charge in [0.2, 0.25) is 10.0 Å². The predicted octanol–water partition coefficient (Wildman–Crippen LogP) is 1.83.